The van der Waals surface area contributed by atoms with Crippen molar-refractivity contribution in [3.05, 3.63) is 60.4 Å². The molecular formula is C13H13N3O2. The molecule has 0 aliphatic heterocycles. The van der Waals surface area contributed by atoms with Gasteiger partial charge in [0.15, 0.2) is 0 Å². The lowest BCUT2D eigenvalue weighted by Crippen LogP contribution is -2.35. The zero-order valence-electron chi connectivity index (χ0n) is 9.69. The topological polar surface area (TPSA) is 68.5 Å². The molecule has 2 amide bonds. The number of primary amides is 1. The molecule has 0 fully saturated rings. The van der Waals surface area contributed by atoms with E-state index in [0.29, 0.717) is 5.69 Å². The summed E-state index contributed by atoms with van der Waals surface area (Å²) in [5, 5.41) is 1.05. The van der Waals surface area contributed by atoms with E-state index in [1.54, 1.807) is 30.5 Å². The Morgan fingerprint density at radius 1 is 1.17 bits per heavy atom. The predicted molar refractivity (Wildman–Crippen MR) is 67.5 cm³/mol. The molecule has 0 saturated carbocycles. The van der Waals surface area contributed by atoms with Gasteiger partial charge in [-0.1, -0.05) is 24.3 Å². The minimum Gasteiger partial charge on any atom is -0.349 e. The van der Waals surface area contributed by atoms with Crippen molar-refractivity contribution >= 4 is 11.7 Å². The van der Waals surface area contributed by atoms with Crippen molar-refractivity contribution in [1.29, 1.82) is 0 Å². The molecule has 0 atom stereocenters. The fraction of sp³-hybridized carbons (Fsp3) is 0.0769. The number of hydroxylamine groups is 1. The fourth-order valence-electron chi connectivity index (χ4n) is 1.44. The van der Waals surface area contributed by atoms with Crippen molar-refractivity contribution in [3.8, 4) is 0 Å². The Hall–Kier alpha value is -2.40. The first kappa shape index (κ1) is 12.1. The van der Waals surface area contributed by atoms with Crippen LogP contribution in [0.25, 0.3) is 0 Å². The molecule has 0 spiro atoms. The maximum atomic E-state index is 11.3. The highest BCUT2D eigenvalue weighted by atomic mass is 16.7. The second-order valence-corrected chi connectivity index (χ2v) is 3.56. The molecule has 0 aliphatic rings. The van der Waals surface area contributed by atoms with Crippen LogP contribution in [0.5, 0.6) is 0 Å². The molecule has 0 unspecified atom stereocenters. The Morgan fingerprint density at radius 3 is 2.50 bits per heavy atom. The van der Waals surface area contributed by atoms with Crippen LogP contribution in [0.3, 0.4) is 0 Å². The number of para-hydroxylation sites is 1. The zero-order chi connectivity index (χ0) is 12.8. The number of benzene rings is 1. The summed E-state index contributed by atoms with van der Waals surface area (Å²) in [4.78, 5) is 20.8. The minimum absolute atomic E-state index is 0.179. The average Bonchev–Trinajstić information content (AvgIpc) is 2.41. The summed E-state index contributed by atoms with van der Waals surface area (Å²) < 4.78 is 0. The smallest absolute Gasteiger partial charge is 0.343 e. The quantitative estimate of drug-likeness (QED) is 0.836. The average molecular weight is 243 g/mol. The molecule has 18 heavy (non-hydrogen) atoms. The van der Waals surface area contributed by atoms with Gasteiger partial charge in [-0.15, -0.1) is 0 Å². The highest BCUT2D eigenvalue weighted by Gasteiger charge is 2.13. The first-order chi connectivity index (χ1) is 8.77. The van der Waals surface area contributed by atoms with E-state index in [2.05, 4.69) is 4.98 Å². The summed E-state index contributed by atoms with van der Waals surface area (Å²) >= 11 is 0. The monoisotopic (exact) mass is 243 g/mol. The third-order valence-corrected chi connectivity index (χ3v) is 2.26. The number of urea groups is 1. The van der Waals surface area contributed by atoms with Crippen molar-refractivity contribution in [2.24, 2.45) is 5.73 Å². The summed E-state index contributed by atoms with van der Waals surface area (Å²) in [7, 11) is 0. The van der Waals surface area contributed by atoms with Gasteiger partial charge in [0.1, 0.15) is 6.61 Å². The molecule has 0 aliphatic carbocycles. The Morgan fingerprint density at radius 2 is 1.89 bits per heavy atom. The Balaban J connectivity index is 2.06. The maximum absolute atomic E-state index is 11.3. The third kappa shape index (κ3) is 3.05. The summed E-state index contributed by atoms with van der Waals surface area (Å²) in [6.45, 7) is 0.179. The van der Waals surface area contributed by atoms with Crippen molar-refractivity contribution in [1.82, 2.24) is 4.98 Å². The lowest BCUT2D eigenvalue weighted by atomic mass is 10.3. The molecule has 0 radical (unpaired) electrons. The van der Waals surface area contributed by atoms with Crippen LogP contribution in [0.2, 0.25) is 0 Å². The van der Waals surface area contributed by atoms with Gasteiger partial charge in [0.25, 0.3) is 0 Å². The predicted octanol–water partition coefficient (Wildman–Crippen LogP) is 2.10. The maximum Gasteiger partial charge on any atom is 0.343 e. The van der Waals surface area contributed by atoms with Gasteiger partial charge >= 0.3 is 6.03 Å². The van der Waals surface area contributed by atoms with E-state index in [1.165, 1.54) is 0 Å². The van der Waals surface area contributed by atoms with Crippen molar-refractivity contribution in [2.45, 2.75) is 6.61 Å². The number of nitrogens with zero attached hydrogens (tertiary/aromatic N) is 2. The Bertz CT molecular complexity index is 502. The van der Waals surface area contributed by atoms with Crippen LogP contribution < -0.4 is 10.8 Å². The normalized spacial score (nSPS) is 10.0. The number of aromatic nitrogens is 1. The lowest BCUT2D eigenvalue weighted by Gasteiger charge is -2.19. The molecular weight excluding hydrogens is 230 g/mol. The molecule has 1 aromatic heterocycles. The van der Waals surface area contributed by atoms with Crippen LogP contribution in [0.4, 0.5) is 10.5 Å². The molecule has 2 aromatic rings. The van der Waals surface area contributed by atoms with Gasteiger partial charge in [0.05, 0.1) is 11.4 Å². The van der Waals surface area contributed by atoms with Crippen molar-refractivity contribution in [2.75, 3.05) is 5.06 Å². The molecule has 1 aromatic carbocycles. The molecule has 92 valence electrons. The number of nitrogens with two attached hydrogens (primary N) is 1. The Labute approximate surface area is 105 Å². The van der Waals surface area contributed by atoms with Crippen molar-refractivity contribution in [3.63, 3.8) is 0 Å². The van der Waals surface area contributed by atoms with Gasteiger partial charge in [-0.2, -0.15) is 5.06 Å². The van der Waals surface area contributed by atoms with Crippen LogP contribution in [0.1, 0.15) is 5.69 Å². The first-order valence-corrected chi connectivity index (χ1v) is 5.45. The number of amides is 2. The summed E-state index contributed by atoms with van der Waals surface area (Å²) in [6.07, 6.45) is 1.66. The zero-order valence-corrected chi connectivity index (χ0v) is 9.69. The van der Waals surface area contributed by atoms with Crippen LogP contribution in [0, 0.1) is 0 Å². The SMILES string of the molecule is NC(=O)N(OCc1ccccn1)c1ccccc1. The van der Waals surface area contributed by atoms with Gasteiger partial charge in [0.2, 0.25) is 0 Å². The summed E-state index contributed by atoms with van der Waals surface area (Å²) in [6, 6.07) is 13.7. The molecule has 2 rings (SSSR count). The van der Waals surface area contributed by atoms with Gasteiger partial charge in [-0.3, -0.25) is 9.82 Å². The number of hydrogen-bond donors (Lipinski definition) is 1. The number of carbonyl (C=O) groups excluding carboxylic acids is 1. The van der Waals surface area contributed by atoms with Crippen molar-refractivity contribution < 1.29 is 9.63 Å². The standard InChI is InChI=1S/C13H13N3O2/c14-13(17)16(12-7-2-1-3-8-12)18-10-11-6-4-5-9-15-11/h1-9H,10H2,(H2,14,17). The first-order valence-electron chi connectivity index (χ1n) is 5.45. The van der Waals surface area contributed by atoms with Gasteiger partial charge in [0, 0.05) is 6.20 Å². The highest BCUT2D eigenvalue weighted by Crippen LogP contribution is 2.14. The third-order valence-electron chi connectivity index (χ3n) is 2.26. The van der Waals surface area contributed by atoms with Crippen LogP contribution in [0.15, 0.2) is 54.7 Å². The molecule has 5 nitrogen and oxygen atoms in total. The summed E-state index contributed by atoms with van der Waals surface area (Å²) in [5.74, 6) is 0. The second-order valence-electron chi connectivity index (χ2n) is 3.56. The van der Waals surface area contributed by atoms with E-state index < -0.39 is 6.03 Å². The number of anilines is 1. The van der Waals surface area contributed by atoms with E-state index in [0.717, 1.165) is 10.8 Å². The number of carbonyl (C=O) groups is 1. The summed E-state index contributed by atoms with van der Waals surface area (Å²) in [5.41, 5.74) is 6.58. The van der Waals surface area contributed by atoms with Crippen LogP contribution in [-0.2, 0) is 11.4 Å². The number of rotatable bonds is 4. The van der Waals surface area contributed by atoms with Gasteiger partial charge < -0.3 is 5.73 Å². The van der Waals surface area contributed by atoms with Crippen LogP contribution >= 0.6 is 0 Å². The second kappa shape index (κ2) is 5.79. The van der Waals surface area contributed by atoms with E-state index in [-0.39, 0.29) is 6.61 Å². The van der Waals surface area contributed by atoms with E-state index in [9.17, 15) is 4.79 Å². The molecule has 5 heteroatoms. The molecule has 2 N–H and O–H groups in total. The number of hydrogen-bond acceptors (Lipinski definition) is 3. The molecule has 0 bridgehead atoms. The fourth-order valence-corrected chi connectivity index (χ4v) is 1.44. The molecule has 0 saturated heterocycles. The lowest BCUT2D eigenvalue weighted by molar-refractivity contribution is 0.106. The largest absolute Gasteiger partial charge is 0.349 e. The van der Waals surface area contributed by atoms with E-state index in [1.807, 2.05) is 24.3 Å². The minimum atomic E-state index is -0.669. The Kier molecular flexibility index (Phi) is 3.88. The van der Waals surface area contributed by atoms with Gasteiger partial charge in [-0.25, -0.2) is 4.79 Å². The highest BCUT2D eigenvalue weighted by molar-refractivity contribution is 5.88. The van der Waals surface area contributed by atoms with Crippen LogP contribution in [-0.4, -0.2) is 11.0 Å². The van der Waals surface area contributed by atoms with E-state index in [4.69, 9.17) is 10.6 Å². The van der Waals surface area contributed by atoms with Gasteiger partial charge in [-0.05, 0) is 24.3 Å². The van der Waals surface area contributed by atoms with E-state index >= 15 is 0 Å². The number of pyridine rings is 1. The molecule has 1 heterocycles.